The second-order valence-electron chi connectivity index (χ2n) is 5.55. The van der Waals surface area contributed by atoms with Crippen LogP contribution in [-0.4, -0.2) is 17.9 Å². The minimum Gasteiger partial charge on any atom is -0.497 e. The summed E-state index contributed by atoms with van der Waals surface area (Å²) in [6, 6.07) is 22.1. The summed E-state index contributed by atoms with van der Waals surface area (Å²) in [5.74, 6) is 0.801. The molecule has 0 saturated heterocycles. The summed E-state index contributed by atoms with van der Waals surface area (Å²) in [6.45, 7) is 1.95. The standard InChI is InChI=1S/C20H19N3OS/c1-14(16-8-7-15-5-3-4-6-17(15)13-16)22-23-20(25)21-18-9-11-19(24-2)12-10-18/h3-13H,1-2H3,(H2,21,23,25). The van der Waals surface area contributed by atoms with Crippen molar-refractivity contribution in [1.82, 2.24) is 5.43 Å². The van der Waals surface area contributed by atoms with Crippen LogP contribution in [0, 0.1) is 0 Å². The summed E-state index contributed by atoms with van der Waals surface area (Å²) in [5, 5.41) is 10.3. The van der Waals surface area contributed by atoms with Gasteiger partial charge in [-0.05, 0) is 65.8 Å². The first-order chi connectivity index (χ1) is 12.2. The van der Waals surface area contributed by atoms with E-state index in [1.165, 1.54) is 10.8 Å². The van der Waals surface area contributed by atoms with Crippen LogP contribution >= 0.6 is 12.2 Å². The molecule has 3 aromatic carbocycles. The Hall–Kier alpha value is -2.92. The van der Waals surface area contributed by atoms with Gasteiger partial charge >= 0.3 is 0 Å². The van der Waals surface area contributed by atoms with Gasteiger partial charge in [0.1, 0.15) is 5.75 Å². The Morgan fingerprint density at radius 1 is 0.960 bits per heavy atom. The summed E-state index contributed by atoms with van der Waals surface area (Å²) in [4.78, 5) is 0. The van der Waals surface area contributed by atoms with Crippen LogP contribution in [0.25, 0.3) is 10.8 Å². The molecule has 25 heavy (non-hydrogen) atoms. The number of anilines is 1. The van der Waals surface area contributed by atoms with Gasteiger partial charge in [-0.1, -0.05) is 36.4 Å². The number of ether oxygens (including phenoxy) is 1. The molecule has 126 valence electrons. The highest BCUT2D eigenvalue weighted by Gasteiger charge is 2.01. The number of fused-ring (bicyclic) bond motifs is 1. The molecule has 0 fully saturated rings. The van der Waals surface area contributed by atoms with Crippen molar-refractivity contribution in [2.45, 2.75) is 6.92 Å². The van der Waals surface area contributed by atoms with Gasteiger partial charge in [-0.15, -0.1) is 0 Å². The number of nitrogens with one attached hydrogen (secondary N) is 2. The van der Waals surface area contributed by atoms with Gasteiger partial charge in [0.2, 0.25) is 0 Å². The van der Waals surface area contributed by atoms with Crippen molar-refractivity contribution in [2.75, 3.05) is 12.4 Å². The lowest BCUT2D eigenvalue weighted by Crippen LogP contribution is -2.24. The molecule has 0 spiro atoms. The molecule has 0 aliphatic heterocycles. The molecule has 0 saturated carbocycles. The zero-order valence-corrected chi connectivity index (χ0v) is 14.9. The van der Waals surface area contributed by atoms with Gasteiger partial charge in [-0.2, -0.15) is 5.10 Å². The van der Waals surface area contributed by atoms with E-state index in [0.29, 0.717) is 5.11 Å². The van der Waals surface area contributed by atoms with Crippen LogP contribution in [-0.2, 0) is 0 Å². The van der Waals surface area contributed by atoms with Gasteiger partial charge < -0.3 is 10.1 Å². The second-order valence-corrected chi connectivity index (χ2v) is 5.96. The van der Waals surface area contributed by atoms with Crippen LogP contribution in [0.4, 0.5) is 5.69 Å². The molecule has 3 rings (SSSR count). The fraction of sp³-hybridized carbons (Fsp3) is 0.100. The minimum absolute atomic E-state index is 0.435. The lowest BCUT2D eigenvalue weighted by atomic mass is 10.0. The Bertz CT molecular complexity index is 920. The summed E-state index contributed by atoms with van der Waals surface area (Å²) < 4.78 is 5.13. The molecule has 0 amide bonds. The predicted molar refractivity (Wildman–Crippen MR) is 109 cm³/mol. The van der Waals surface area contributed by atoms with Crippen molar-refractivity contribution in [3.05, 3.63) is 72.3 Å². The van der Waals surface area contributed by atoms with Gasteiger partial charge in [0.25, 0.3) is 0 Å². The molecule has 5 heteroatoms. The first-order valence-electron chi connectivity index (χ1n) is 7.90. The second kappa shape index (κ2) is 7.77. The molecule has 4 nitrogen and oxygen atoms in total. The molecule has 3 aromatic rings. The van der Waals surface area contributed by atoms with Crippen LogP contribution in [0.1, 0.15) is 12.5 Å². The molecular weight excluding hydrogens is 330 g/mol. The van der Waals surface area contributed by atoms with Gasteiger partial charge in [0.05, 0.1) is 12.8 Å². The highest BCUT2D eigenvalue weighted by atomic mass is 32.1. The van der Waals surface area contributed by atoms with Crippen molar-refractivity contribution in [2.24, 2.45) is 5.10 Å². The molecule has 2 N–H and O–H groups in total. The molecule has 0 aliphatic carbocycles. The number of benzene rings is 3. The maximum atomic E-state index is 5.28. The molecule has 0 radical (unpaired) electrons. The van der Waals surface area contributed by atoms with Gasteiger partial charge in [0.15, 0.2) is 5.11 Å². The van der Waals surface area contributed by atoms with Crippen molar-refractivity contribution < 1.29 is 4.74 Å². The Morgan fingerprint density at radius 2 is 1.68 bits per heavy atom. The van der Waals surface area contributed by atoms with E-state index in [9.17, 15) is 0 Å². The van der Waals surface area contributed by atoms with Crippen molar-refractivity contribution in [3.63, 3.8) is 0 Å². The zero-order valence-electron chi connectivity index (χ0n) is 14.1. The fourth-order valence-electron chi connectivity index (χ4n) is 2.45. The van der Waals surface area contributed by atoms with Crippen molar-refractivity contribution in [3.8, 4) is 5.75 Å². The average molecular weight is 349 g/mol. The Balaban J connectivity index is 1.65. The Morgan fingerprint density at radius 3 is 2.40 bits per heavy atom. The third kappa shape index (κ3) is 4.33. The summed E-state index contributed by atoms with van der Waals surface area (Å²) in [7, 11) is 1.64. The highest BCUT2D eigenvalue weighted by molar-refractivity contribution is 7.80. The normalized spacial score (nSPS) is 11.2. The van der Waals surface area contributed by atoms with E-state index in [0.717, 1.165) is 22.7 Å². The highest BCUT2D eigenvalue weighted by Crippen LogP contribution is 2.16. The largest absolute Gasteiger partial charge is 0.497 e. The minimum atomic E-state index is 0.435. The molecular formula is C20H19N3OS. The van der Waals surface area contributed by atoms with E-state index in [4.69, 9.17) is 17.0 Å². The topological polar surface area (TPSA) is 45.6 Å². The van der Waals surface area contributed by atoms with Crippen LogP contribution < -0.4 is 15.5 Å². The van der Waals surface area contributed by atoms with Crippen LogP contribution in [0.15, 0.2) is 71.8 Å². The van der Waals surface area contributed by atoms with Crippen LogP contribution in [0.5, 0.6) is 5.75 Å². The van der Waals surface area contributed by atoms with E-state index in [2.05, 4.69) is 46.2 Å². The Labute approximate surface area is 152 Å². The monoisotopic (exact) mass is 349 g/mol. The van der Waals surface area contributed by atoms with Gasteiger partial charge in [0, 0.05) is 5.69 Å². The molecule has 0 unspecified atom stereocenters. The lowest BCUT2D eigenvalue weighted by Gasteiger charge is -2.09. The number of rotatable bonds is 4. The summed E-state index contributed by atoms with van der Waals surface area (Å²) >= 11 is 5.28. The van der Waals surface area contributed by atoms with E-state index in [1.54, 1.807) is 7.11 Å². The van der Waals surface area contributed by atoms with E-state index in [-0.39, 0.29) is 0 Å². The third-order valence-electron chi connectivity index (χ3n) is 3.84. The zero-order chi connectivity index (χ0) is 17.6. The molecule has 0 aromatic heterocycles. The van der Waals surface area contributed by atoms with E-state index < -0.39 is 0 Å². The smallest absolute Gasteiger partial charge is 0.191 e. The number of hydrogen-bond donors (Lipinski definition) is 2. The van der Waals surface area contributed by atoms with Gasteiger partial charge in [-0.25, -0.2) is 0 Å². The third-order valence-corrected chi connectivity index (χ3v) is 4.03. The van der Waals surface area contributed by atoms with Crippen molar-refractivity contribution in [1.29, 1.82) is 0 Å². The number of methoxy groups -OCH3 is 1. The maximum absolute atomic E-state index is 5.28. The van der Waals surface area contributed by atoms with Crippen LogP contribution in [0.2, 0.25) is 0 Å². The Kier molecular flexibility index (Phi) is 5.26. The molecule has 0 aliphatic rings. The number of hydrogen-bond acceptors (Lipinski definition) is 3. The number of hydrazone groups is 1. The summed E-state index contributed by atoms with van der Waals surface area (Å²) in [6.07, 6.45) is 0. The number of nitrogens with zero attached hydrogens (tertiary/aromatic N) is 1. The first kappa shape index (κ1) is 16.9. The SMILES string of the molecule is COc1ccc(NC(=S)NN=C(C)c2ccc3ccccc3c2)cc1. The fourth-order valence-corrected chi connectivity index (χ4v) is 2.61. The quantitative estimate of drug-likeness (QED) is 0.412. The van der Waals surface area contributed by atoms with Gasteiger partial charge in [-0.3, -0.25) is 5.43 Å². The summed E-state index contributed by atoms with van der Waals surface area (Å²) in [5.41, 5.74) is 5.67. The molecule has 0 heterocycles. The average Bonchev–Trinajstić information content (AvgIpc) is 2.66. The van der Waals surface area contributed by atoms with Crippen LogP contribution in [0.3, 0.4) is 0 Å². The first-order valence-corrected chi connectivity index (χ1v) is 8.31. The molecule has 0 atom stereocenters. The maximum Gasteiger partial charge on any atom is 0.191 e. The van der Waals surface area contributed by atoms with E-state index >= 15 is 0 Å². The van der Waals surface area contributed by atoms with Crippen molar-refractivity contribution >= 4 is 39.5 Å². The number of thiocarbonyl (C=S) groups is 1. The van der Waals surface area contributed by atoms with E-state index in [1.807, 2.05) is 43.3 Å². The lowest BCUT2D eigenvalue weighted by molar-refractivity contribution is 0.415. The molecule has 0 bridgehead atoms. The predicted octanol–water partition coefficient (Wildman–Crippen LogP) is 4.56.